The second kappa shape index (κ2) is 9.72. The van der Waals surface area contributed by atoms with Crippen molar-refractivity contribution < 1.29 is 24.9 Å². The van der Waals surface area contributed by atoms with E-state index in [2.05, 4.69) is 26.1 Å². The molecule has 0 aliphatic heterocycles. The Morgan fingerprint density at radius 2 is 1.65 bits per heavy atom. The first kappa shape index (κ1) is 25.9. The third-order valence-corrected chi connectivity index (χ3v) is 11.3. The number of amides is 1. The predicted molar refractivity (Wildman–Crippen MR) is 131 cm³/mol. The van der Waals surface area contributed by atoms with Crippen molar-refractivity contribution >= 4 is 11.9 Å². The number of aliphatic carboxylic acids is 1. The molecule has 4 saturated carbocycles. The van der Waals surface area contributed by atoms with E-state index in [1.54, 1.807) is 0 Å². The molecule has 0 aromatic rings. The molecule has 0 spiro atoms. The number of rotatable bonds is 7. The number of carboxylic acid groups (broad SMARTS) is 1. The first-order valence-electron chi connectivity index (χ1n) is 13.9. The minimum Gasteiger partial charge on any atom is -0.480 e. The number of carbonyl (C=O) groups is 2. The van der Waals surface area contributed by atoms with Gasteiger partial charge in [-0.15, -0.1) is 0 Å². The smallest absolute Gasteiger partial charge is 0.328 e. The van der Waals surface area contributed by atoms with E-state index in [9.17, 15) is 24.9 Å². The van der Waals surface area contributed by atoms with E-state index in [1.165, 1.54) is 51.9 Å². The molecule has 1 amide bonds. The fourth-order valence-electron chi connectivity index (χ4n) is 9.40. The van der Waals surface area contributed by atoms with Gasteiger partial charge in [0, 0.05) is 6.42 Å². The number of carbonyl (C=O) groups excluding carboxylic acids is 1. The maximum Gasteiger partial charge on any atom is 0.328 e. The maximum atomic E-state index is 12.4. The molecule has 4 aliphatic rings. The molecule has 0 radical (unpaired) electrons. The van der Waals surface area contributed by atoms with Crippen molar-refractivity contribution in [1.82, 2.24) is 5.32 Å². The Bertz CT molecular complexity index is 770. The molecule has 0 saturated heterocycles. The van der Waals surface area contributed by atoms with E-state index in [0.29, 0.717) is 35.0 Å². The van der Waals surface area contributed by atoms with Crippen molar-refractivity contribution in [2.75, 3.05) is 0 Å². The van der Waals surface area contributed by atoms with Gasteiger partial charge in [-0.3, -0.25) is 4.79 Å². The van der Waals surface area contributed by atoms with E-state index in [0.717, 1.165) is 37.0 Å². The summed E-state index contributed by atoms with van der Waals surface area (Å²) in [5, 5.41) is 31.6. The quantitative estimate of drug-likeness (QED) is 0.436. The third kappa shape index (κ3) is 4.54. The van der Waals surface area contributed by atoms with Crippen LogP contribution in [0, 0.1) is 46.3 Å². The zero-order valence-electron chi connectivity index (χ0n) is 21.6. The normalized spacial score (nSPS) is 44.2. The van der Waals surface area contributed by atoms with Crippen molar-refractivity contribution in [2.24, 2.45) is 46.3 Å². The van der Waals surface area contributed by atoms with Crippen molar-refractivity contribution in [1.29, 1.82) is 0 Å². The third-order valence-electron chi connectivity index (χ3n) is 11.3. The van der Waals surface area contributed by atoms with E-state index < -0.39 is 18.1 Å². The number of carboxylic acids is 1. The summed E-state index contributed by atoms with van der Waals surface area (Å²) in [6.45, 7) is 8.73. The lowest BCUT2D eigenvalue weighted by Crippen LogP contribution is -2.54. The lowest BCUT2D eigenvalue weighted by atomic mass is 9.44. The second-order valence-electron chi connectivity index (χ2n) is 13.0. The van der Waals surface area contributed by atoms with Crippen LogP contribution in [-0.2, 0) is 9.59 Å². The summed E-state index contributed by atoms with van der Waals surface area (Å²) in [5.74, 6) is 2.60. The monoisotopic (exact) mass is 477 g/mol. The molecule has 194 valence electrons. The topological polar surface area (TPSA) is 107 Å². The Morgan fingerprint density at radius 1 is 0.971 bits per heavy atom. The Hall–Kier alpha value is -1.14. The molecule has 0 bridgehead atoms. The first-order chi connectivity index (χ1) is 16.0. The van der Waals surface area contributed by atoms with Gasteiger partial charge < -0.3 is 20.6 Å². The molecule has 2 unspecified atom stereocenters. The fraction of sp³-hybridized carbons (Fsp3) is 0.929. The van der Waals surface area contributed by atoms with Crippen LogP contribution in [0.5, 0.6) is 0 Å². The molecule has 4 aliphatic carbocycles. The van der Waals surface area contributed by atoms with Crippen LogP contribution in [0.1, 0.15) is 98.3 Å². The summed E-state index contributed by atoms with van der Waals surface area (Å²) in [4.78, 5) is 23.7. The molecule has 6 nitrogen and oxygen atoms in total. The van der Waals surface area contributed by atoms with Gasteiger partial charge in [-0.1, -0.05) is 20.8 Å². The Kier molecular flexibility index (Phi) is 7.42. The Labute approximate surface area is 205 Å². The van der Waals surface area contributed by atoms with Crippen LogP contribution in [-0.4, -0.2) is 45.4 Å². The zero-order valence-corrected chi connectivity index (χ0v) is 21.6. The summed E-state index contributed by atoms with van der Waals surface area (Å²) >= 11 is 0. The molecule has 11 atom stereocenters. The van der Waals surface area contributed by atoms with Gasteiger partial charge in [-0.25, -0.2) is 4.79 Å². The molecule has 6 heteroatoms. The first-order valence-corrected chi connectivity index (χ1v) is 13.9. The zero-order chi connectivity index (χ0) is 24.8. The van der Waals surface area contributed by atoms with Crippen LogP contribution in [0.4, 0.5) is 0 Å². The van der Waals surface area contributed by atoms with E-state index in [-0.39, 0.29) is 12.0 Å². The van der Waals surface area contributed by atoms with Crippen LogP contribution in [0.3, 0.4) is 0 Å². The summed E-state index contributed by atoms with van der Waals surface area (Å²) in [6, 6.07) is -1.25. The summed E-state index contributed by atoms with van der Waals surface area (Å²) < 4.78 is 0. The molecular formula is C28H47NO5. The summed E-state index contributed by atoms with van der Waals surface area (Å²) in [5.41, 5.74) is 0.730. The van der Waals surface area contributed by atoms with Gasteiger partial charge in [-0.2, -0.15) is 0 Å². The standard InChI is InChI=1S/C28H47NO5/c1-16(5-10-24(32)29-25(17(2)30)26(33)34)21-8-9-22-20-7-6-18-15-19(31)11-13-27(18,3)23(20)12-14-28(21,22)4/h16-23,25,30-31H,5-15H2,1-4H3,(H,29,32)(H,33,34)/t16-,17?,18-,19-,20+,21-,22+,23?,25+,27+,28-/m1/s1. The molecular weight excluding hydrogens is 430 g/mol. The van der Waals surface area contributed by atoms with Crippen LogP contribution >= 0.6 is 0 Å². The average molecular weight is 478 g/mol. The molecule has 0 aromatic heterocycles. The molecule has 0 aromatic carbocycles. The average Bonchev–Trinajstić information content (AvgIpc) is 3.13. The van der Waals surface area contributed by atoms with Gasteiger partial charge in [0.25, 0.3) is 0 Å². The van der Waals surface area contributed by atoms with Gasteiger partial charge in [-0.05, 0) is 117 Å². The molecule has 0 heterocycles. The highest BCUT2D eigenvalue weighted by molar-refractivity contribution is 5.83. The van der Waals surface area contributed by atoms with E-state index in [1.807, 2.05) is 0 Å². The lowest BCUT2D eigenvalue weighted by molar-refractivity contribution is -0.144. The number of aliphatic hydroxyl groups is 2. The minimum atomic E-state index is -1.25. The van der Waals surface area contributed by atoms with Gasteiger partial charge in [0.15, 0.2) is 6.04 Å². The van der Waals surface area contributed by atoms with Gasteiger partial charge in [0.1, 0.15) is 0 Å². The molecule has 34 heavy (non-hydrogen) atoms. The Balaban J connectivity index is 1.38. The SMILES string of the molecule is CC(O)[C@H](NC(=O)CC[C@@H](C)[C@H]1CC[C@H]2[C@@H]3CC[C@@H]4C[C@H](O)CC[C@]4(C)C3CC[C@]12C)C(=O)O. The highest BCUT2D eigenvalue weighted by Gasteiger charge is 2.60. The second-order valence-corrected chi connectivity index (χ2v) is 13.0. The number of nitrogens with one attached hydrogen (secondary N) is 1. The number of hydrogen-bond acceptors (Lipinski definition) is 4. The maximum absolute atomic E-state index is 12.4. The fourth-order valence-corrected chi connectivity index (χ4v) is 9.40. The minimum absolute atomic E-state index is 0.0937. The number of aliphatic hydroxyl groups excluding tert-OH is 2. The number of fused-ring (bicyclic) bond motifs is 5. The summed E-state index contributed by atoms with van der Waals surface area (Å²) in [6.07, 6.45) is 10.7. The molecule has 4 fully saturated rings. The largest absolute Gasteiger partial charge is 0.480 e. The van der Waals surface area contributed by atoms with Gasteiger partial charge in [0.2, 0.25) is 5.91 Å². The van der Waals surface area contributed by atoms with E-state index >= 15 is 0 Å². The molecule has 4 N–H and O–H groups in total. The van der Waals surface area contributed by atoms with Crippen LogP contribution < -0.4 is 5.32 Å². The predicted octanol–water partition coefficient (Wildman–Crippen LogP) is 4.37. The highest BCUT2D eigenvalue weighted by Crippen LogP contribution is 2.68. The van der Waals surface area contributed by atoms with Crippen LogP contribution in [0.15, 0.2) is 0 Å². The van der Waals surface area contributed by atoms with Gasteiger partial charge >= 0.3 is 5.97 Å². The summed E-state index contributed by atoms with van der Waals surface area (Å²) in [7, 11) is 0. The van der Waals surface area contributed by atoms with Crippen molar-refractivity contribution in [2.45, 2.75) is 117 Å². The van der Waals surface area contributed by atoms with Crippen molar-refractivity contribution in [3.63, 3.8) is 0 Å². The lowest BCUT2D eigenvalue weighted by Gasteiger charge is -2.61. The van der Waals surface area contributed by atoms with Crippen molar-refractivity contribution in [3.05, 3.63) is 0 Å². The van der Waals surface area contributed by atoms with E-state index in [4.69, 9.17) is 0 Å². The van der Waals surface area contributed by atoms with Crippen molar-refractivity contribution in [3.8, 4) is 0 Å². The number of hydrogen-bond donors (Lipinski definition) is 4. The van der Waals surface area contributed by atoms with Crippen LogP contribution in [0.25, 0.3) is 0 Å². The Morgan fingerprint density at radius 3 is 2.32 bits per heavy atom. The highest BCUT2D eigenvalue weighted by atomic mass is 16.4. The van der Waals surface area contributed by atoms with Crippen LogP contribution in [0.2, 0.25) is 0 Å². The molecule has 4 rings (SSSR count). The van der Waals surface area contributed by atoms with Gasteiger partial charge in [0.05, 0.1) is 12.2 Å².